The van der Waals surface area contributed by atoms with Gasteiger partial charge in [0.25, 0.3) is 5.91 Å². The molecule has 0 aliphatic carbocycles. The van der Waals surface area contributed by atoms with Crippen LogP contribution < -0.4 is 10.1 Å². The Kier molecular flexibility index (Phi) is 8.77. The van der Waals surface area contributed by atoms with E-state index in [1.54, 1.807) is 24.3 Å². The van der Waals surface area contributed by atoms with Crippen molar-refractivity contribution in [3.8, 4) is 5.75 Å². The topological polar surface area (TPSA) is 90.9 Å². The minimum Gasteiger partial charge on any atom is -0.482 e. The summed E-state index contributed by atoms with van der Waals surface area (Å²) >= 11 is 5.80. The van der Waals surface area contributed by atoms with Crippen LogP contribution >= 0.6 is 11.6 Å². The molecule has 0 aromatic heterocycles. The number of halogens is 1. The van der Waals surface area contributed by atoms with Crippen LogP contribution in [0.3, 0.4) is 0 Å². The molecule has 0 saturated carbocycles. The third-order valence-corrected chi connectivity index (χ3v) is 3.28. The summed E-state index contributed by atoms with van der Waals surface area (Å²) in [6, 6.07) is 5.76. The largest absolute Gasteiger partial charge is 0.482 e. The van der Waals surface area contributed by atoms with Crippen molar-refractivity contribution in [3.63, 3.8) is 0 Å². The zero-order valence-corrected chi connectivity index (χ0v) is 15.2. The lowest BCUT2D eigenvalue weighted by molar-refractivity contribution is -0.151. The number of hydrogen-bond donors (Lipinski definition) is 1. The van der Waals surface area contributed by atoms with E-state index >= 15 is 0 Å². The minimum absolute atomic E-state index is 0.179. The number of rotatable bonds is 9. The van der Waals surface area contributed by atoms with Gasteiger partial charge >= 0.3 is 11.9 Å². The van der Waals surface area contributed by atoms with Gasteiger partial charge in [0.1, 0.15) is 11.8 Å². The lowest BCUT2D eigenvalue weighted by Gasteiger charge is -2.18. The number of esters is 2. The molecule has 1 aromatic carbocycles. The van der Waals surface area contributed by atoms with Crippen LogP contribution in [0.15, 0.2) is 24.3 Å². The highest BCUT2D eigenvalue weighted by Crippen LogP contribution is 2.16. The molecule has 1 aromatic rings. The second-order valence-electron chi connectivity index (χ2n) is 5.68. The average Bonchev–Trinajstić information content (AvgIpc) is 2.56. The fourth-order valence-electron chi connectivity index (χ4n) is 1.95. The number of benzene rings is 1. The molecule has 8 heteroatoms. The molecule has 0 fully saturated rings. The molecule has 0 bridgehead atoms. The molecule has 25 heavy (non-hydrogen) atoms. The normalized spacial score (nSPS) is 11.6. The van der Waals surface area contributed by atoms with Gasteiger partial charge in [0.2, 0.25) is 0 Å². The van der Waals surface area contributed by atoms with Gasteiger partial charge < -0.3 is 19.5 Å². The van der Waals surface area contributed by atoms with Crippen LogP contribution in [0.2, 0.25) is 5.02 Å². The van der Waals surface area contributed by atoms with Gasteiger partial charge in [-0.25, -0.2) is 9.59 Å². The van der Waals surface area contributed by atoms with E-state index in [-0.39, 0.29) is 12.5 Å². The quantitative estimate of drug-likeness (QED) is 0.667. The molecule has 1 atom stereocenters. The number of ether oxygens (including phenoxy) is 3. The Labute approximate surface area is 151 Å². The second-order valence-corrected chi connectivity index (χ2v) is 6.12. The Hall–Kier alpha value is -2.28. The third-order valence-electron chi connectivity index (χ3n) is 3.05. The molecule has 0 aliphatic rings. The van der Waals surface area contributed by atoms with Gasteiger partial charge in [0, 0.05) is 5.02 Å². The zero-order valence-electron chi connectivity index (χ0n) is 14.4. The van der Waals surface area contributed by atoms with Gasteiger partial charge in [0.15, 0.2) is 13.2 Å². The van der Waals surface area contributed by atoms with Crippen molar-refractivity contribution >= 4 is 29.4 Å². The van der Waals surface area contributed by atoms with E-state index in [9.17, 15) is 14.4 Å². The van der Waals surface area contributed by atoms with E-state index in [0.29, 0.717) is 17.2 Å². The van der Waals surface area contributed by atoms with Gasteiger partial charge in [0.05, 0.1) is 7.11 Å². The molecule has 0 heterocycles. The van der Waals surface area contributed by atoms with Crippen LogP contribution in [0.1, 0.15) is 20.3 Å². The number of nitrogens with one attached hydrogen (secondary N) is 1. The van der Waals surface area contributed by atoms with Crippen molar-refractivity contribution in [1.29, 1.82) is 0 Å². The standard InChI is InChI=1S/C17H22ClNO6/c1-11(2)7-14(17(22)23-3)19-15(20)9-25-16(21)10-24-13-6-4-5-12(18)8-13/h4-6,8,11,14H,7,9-10H2,1-3H3,(H,19,20)/t14-/m0/s1. The maximum atomic E-state index is 11.8. The van der Waals surface area contributed by atoms with Crippen molar-refractivity contribution in [2.24, 2.45) is 5.92 Å². The van der Waals surface area contributed by atoms with Crippen molar-refractivity contribution in [2.45, 2.75) is 26.3 Å². The molecule has 0 unspecified atom stereocenters. The molecule has 138 valence electrons. The van der Waals surface area contributed by atoms with Gasteiger partial charge in [-0.05, 0) is 30.5 Å². The van der Waals surface area contributed by atoms with E-state index in [0.717, 1.165) is 0 Å². The van der Waals surface area contributed by atoms with Gasteiger partial charge in [-0.3, -0.25) is 4.79 Å². The first-order valence-corrected chi connectivity index (χ1v) is 8.10. The van der Waals surface area contributed by atoms with Crippen LogP contribution in [0, 0.1) is 5.92 Å². The second kappa shape index (κ2) is 10.6. The molecular formula is C17H22ClNO6. The van der Waals surface area contributed by atoms with E-state index in [1.165, 1.54) is 7.11 Å². The van der Waals surface area contributed by atoms with E-state index in [1.807, 2.05) is 13.8 Å². The third kappa shape index (κ3) is 8.39. The Balaban J connectivity index is 2.38. The summed E-state index contributed by atoms with van der Waals surface area (Å²) in [5, 5.41) is 2.96. The number of methoxy groups -OCH3 is 1. The van der Waals surface area contributed by atoms with Gasteiger partial charge in [-0.15, -0.1) is 0 Å². The van der Waals surface area contributed by atoms with E-state index < -0.39 is 30.5 Å². The Bertz CT molecular complexity index is 605. The molecule has 0 saturated heterocycles. The Morgan fingerprint density at radius 3 is 2.52 bits per heavy atom. The molecule has 0 spiro atoms. The molecular weight excluding hydrogens is 350 g/mol. The summed E-state index contributed by atoms with van der Waals surface area (Å²) in [5.74, 6) is -1.26. The predicted octanol–water partition coefficient (Wildman–Crippen LogP) is 1.97. The monoisotopic (exact) mass is 371 g/mol. The van der Waals surface area contributed by atoms with Crippen LogP contribution in [0.4, 0.5) is 0 Å². The molecule has 0 aliphatic heterocycles. The number of carbonyl (C=O) groups is 3. The first-order valence-electron chi connectivity index (χ1n) is 7.73. The predicted molar refractivity (Wildman–Crippen MR) is 91.3 cm³/mol. The number of amides is 1. The fourth-order valence-corrected chi connectivity index (χ4v) is 2.13. The first kappa shape index (κ1) is 20.8. The minimum atomic E-state index is -0.779. The molecule has 1 N–H and O–H groups in total. The van der Waals surface area contributed by atoms with Crippen LogP contribution in [0.5, 0.6) is 5.75 Å². The Morgan fingerprint density at radius 2 is 1.92 bits per heavy atom. The summed E-state index contributed by atoms with van der Waals surface area (Å²) in [6.45, 7) is 2.95. The van der Waals surface area contributed by atoms with E-state index in [2.05, 4.69) is 10.1 Å². The summed E-state index contributed by atoms with van der Waals surface area (Å²) < 4.78 is 14.7. The lowest BCUT2D eigenvalue weighted by atomic mass is 10.0. The van der Waals surface area contributed by atoms with Crippen molar-refractivity contribution < 1.29 is 28.6 Å². The molecule has 0 radical (unpaired) electrons. The highest BCUT2D eigenvalue weighted by Gasteiger charge is 2.23. The average molecular weight is 372 g/mol. The maximum absolute atomic E-state index is 11.8. The zero-order chi connectivity index (χ0) is 18.8. The van der Waals surface area contributed by atoms with Crippen molar-refractivity contribution in [1.82, 2.24) is 5.32 Å². The molecule has 1 amide bonds. The lowest BCUT2D eigenvalue weighted by Crippen LogP contribution is -2.44. The summed E-state index contributed by atoms with van der Waals surface area (Å²) in [4.78, 5) is 35.1. The highest BCUT2D eigenvalue weighted by molar-refractivity contribution is 6.30. The summed E-state index contributed by atoms with van der Waals surface area (Å²) in [7, 11) is 1.25. The van der Waals surface area contributed by atoms with Crippen molar-refractivity contribution in [3.05, 3.63) is 29.3 Å². The maximum Gasteiger partial charge on any atom is 0.344 e. The summed E-state index contributed by atoms with van der Waals surface area (Å²) in [6.07, 6.45) is 0.421. The smallest absolute Gasteiger partial charge is 0.344 e. The first-order chi connectivity index (χ1) is 11.8. The van der Waals surface area contributed by atoms with Crippen LogP contribution in [-0.4, -0.2) is 44.2 Å². The molecule has 1 rings (SSSR count). The van der Waals surface area contributed by atoms with Gasteiger partial charge in [-0.1, -0.05) is 31.5 Å². The van der Waals surface area contributed by atoms with Crippen LogP contribution in [0.25, 0.3) is 0 Å². The number of carbonyl (C=O) groups excluding carboxylic acids is 3. The summed E-state index contributed by atoms with van der Waals surface area (Å²) in [5.41, 5.74) is 0. The highest BCUT2D eigenvalue weighted by atomic mass is 35.5. The van der Waals surface area contributed by atoms with E-state index in [4.69, 9.17) is 21.1 Å². The van der Waals surface area contributed by atoms with Crippen LogP contribution in [-0.2, 0) is 23.9 Å². The SMILES string of the molecule is COC(=O)[C@H](CC(C)C)NC(=O)COC(=O)COc1cccc(Cl)c1. The number of hydrogen-bond acceptors (Lipinski definition) is 6. The van der Waals surface area contributed by atoms with Gasteiger partial charge in [-0.2, -0.15) is 0 Å². The van der Waals surface area contributed by atoms with Crippen molar-refractivity contribution in [2.75, 3.05) is 20.3 Å². The fraction of sp³-hybridized carbons (Fsp3) is 0.471. The molecule has 7 nitrogen and oxygen atoms in total. The Morgan fingerprint density at radius 1 is 1.20 bits per heavy atom.